The number of amides is 1. The molecule has 1 aromatic carbocycles. The zero-order chi connectivity index (χ0) is 15.5. The summed E-state index contributed by atoms with van der Waals surface area (Å²) < 4.78 is 0. The van der Waals surface area contributed by atoms with E-state index in [0.29, 0.717) is 6.04 Å². The highest BCUT2D eigenvalue weighted by molar-refractivity contribution is 5.88. The van der Waals surface area contributed by atoms with Gasteiger partial charge in [0.05, 0.1) is 0 Å². The van der Waals surface area contributed by atoms with Crippen LogP contribution in [0.3, 0.4) is 0 Å². The van der Waals surface area contributed by atoms with Crippen LogP contribution in [0.15, 0.2) is 24.3 Å². The summed E-state index contributed by atoms with van der Waals surface area (Å²) in [5, 5.41) is 6.50. The highest BCUT2D eigenvalue weighted by Gasteiger charge is 2.31. The van der Waals surface area contributed by atoms with Crippen LogP contribution in [0.5, 0.6) is 0 Å². The number of nitrogens with one attached hydrogen (secondary N) is 2. The van der Waals surface area contributed by atoms with Crippen molar-refractivity contribution in [2.75, 3.05) is 44.6 Å². The first kappa shape index (κ1) is 15.5. The van der Waals surface area contributed by atoms with Crippen molar-refractivity contribution in [1.82, 2.24) is 15.1 Å². The standard InChI is InChI=1S/C17H26N4O/c1-13(15-4-3-5-16(10-15)19-14(2)22)18-11-17-12-20-6-8-21(17)9-7-20/h3-5,10,13,17-18H,6-9,11-12H2,1-2H3,(H,19,22)/t13-,17-/m0/s1. The molecule has 22 heavy (non-hydrogen) atoms. The minimum atomic E-state index is -0.0298. The molecule has 5 nitrogen and oxygen atoms in total. The van der Waals surface area contributed by atoms with Crippen molar-refractivity contribution in [1.29, 1.82) is 0 Å². The number of rotatable bonds is 5. The summed E-state index contributed by atoms with van der Waals surface area (Å²) in [5.41, 5.74) is 2.08. The van der Waals surface area contributed by atoms with Gasteiger partial charge in [-0.25, -0.2) is 0 Å². The molecule has 3 heterocycles. The third kappa shape index (κ3) is 3.66. The first-order chi connectivity index (χ1) is 10.6. The lowest BCUT2D eigenvalue weighted by molar-refractivity contribution is -0.114. The van der Waals surface area contributed by atoms with E-state index >= 15 is 0 Å². The van der Waals surface area contributed by atoms with Crippen LogP contribution >= 0.6 is 0 Å². The van der Waals surface area contributed by atoms with Gasteiger partial charge >= 0.3 is 0 Å². The molecule has 0 radical (unpaired) electrons. The van der Waals surface area contributed by atoms with Gasteiger partial charge in [-0.2, -0.15) is 0 Å². The summed E-state index contributed by atoms with van der Waals surface area (Å²) in [6, 6.07) is 9.00. The minimum Gasteiger partial charge on any atom is -0.326 e. The zero-order valence-electron chi connectivity index (χ0n) is 13.5. The lowest BCUT2D eigenvalue weighted by Gasteiger charge is -2.47. The third-order valence-corrected chi connectivity index (χ3v) is 4.76. The average Bonchev–Trinajstić information content (AvgIpc) is 2.53. The third-order valence-electron chi connectivity index (χ3n) is 4.76. The maximum atomic E-state index is 11.2. The summed E-state index contributed by atoms with van der Waals surface area (Å²) in [7, 11) is 0. The summed E-state index contributed by atoms with van der Waals surface area (Å²) >= 11 is 0. The van der Waals surface area contributed by atoms with E-state index in [9.17, 15) is 4.79 Å². The van der Waals surface area contributed by atoms with Gasteiger partial charge in [0, 0.05) is 64.0 Å². The normalized spacial score (nSPS) is 28.4. The van der Waals surface area contributed by atoms with Gasteiger partial charge in [-0.15, -0.1) is 0 Å². The molecule has 1 aromatic rings. The Bertz CT molecular complexity index is 525. The highest BCUT2D eigenvalue weighted by Crippen LogP contribution is 2.19. The van der Waals surface area contributed by atoms with Gasteiger partial charge in [0.1, 0.15) is 0 Å². The molecule has 0 spiro atoms. The number of hydrogen-bond donors (Lipinski definition) is 2. The van der Waals surface area contributed by atoms with E-state index in [4.69, 9.17) is 0 Å². The van der Waals surface area contributed by atoms with Crippen molar-refractivity contribution in [2.45, 2.75) is 25.9 Å². The Balaban J connectivity index is 1.55. The summed E-state index contributed by atoms with van der Waals surface area (Å²) in [5.74, 6) is -0.0298. The number of anilines is 1. The Morgan fingerprint density at radius 2 is 2.09 bits per heavy atom. The molecule has 120 valence electrons. The molecule has 0 unspecified atom stereocenters. The van der Waals surface area contributed by atoms with Crippen LogP contribution in [0, 0.1) is 0 Å². The Morgan fingerprint density at radius 1 is 1.32 bits per heavy atom. The predicted octanol–water partition coefficient (Wildman–Crippen LogP) is 1.30. The summed E-state index contributed by atoms with van der Waals surface area (Å²) in [4.78, 5) is 16.3. The van der Waals surface area contributed by atoms with Gasteiger partial charge in [0.25, 0.3) is 0 Å². The van der Waals surface area contributed by atoms with Crippen LogP contribution in [0.2, 0.25) is 0 Å². The number of nitrogens with zero attached hydrogens (tertiary/aromatic N) is 2. The summed E-state index contributed by atoms with van der Waals surface area (Å²) in [6.07, 6.45) is 0. The predicted molar refractivity (Wildman–Crippen MR) is 89.0 cm³/mol. The summed E-state index contributed by atoms with van der Waals surface area (Å²) in [6.45, 7) is 10.8. The van der Waals surface area contributed by atoms with E-state index in [2.05, 4.69) is 39.5 Å². The Hall–Kier alpha value is -1.43. The number of carbonyl (C=O) groups is 1. The van der Waals surface area contributed by atoms with Crippen molar-refractivity contribution >= 4 is 11.6 Å². The highest BCUT2D eigenvalue weighted by atomic mass is 16.1. The molecule has 3 fully saturated rings. The number of carbonyl (C=O) groups excluding carboxylic acids is 1. The monoisotopic (exact) mass is 302 g/mol. The van der Waals surface area contributed by atoms with Gasteiger partial charge in [-0.05, 0) is 24.6 Å². The van der Waals surface area contributed by atoms with E-state index in [1.54, 1.807) is 0 Å². The quantitative estimate of drug-likeness (QED) is 0.861. The molecule has 2 atom stereocenters. The number of benzene rings is 1. The molecule has 2 bridgehead atoms. The van der Waals surface area contributed by atoms with Crippen LogP contribution in [0.1, 0.15) is 25.5 Å². The molecule has 1 amide bonds. The average molecular weight is 302 g/mol. The van der Waals surface area contributed by atoms with E-state index in [-0.39, 0.29) is 11.9 Å². The van der Waals surface area contributed by atoms with Gasteiger partial charge in [-0.3, -0.25) is 14.6 Å². The lowest BCUT2D eigenvalue weighted by atomic mass is 10.1. The van der Waals surface area contributed by atoms with Crippen LogP contribution < -0.4 is 10.6 Å². The van der Waals surface area contributed by atoms with Crippen molar-refractivity contribution in [2.24, 2.45) is 0 Å². The molecule has 3 saturated heterocycles. The fourth-order valence-corrected chi connectivity index (χ4v) is 3.44. The second kappa shape index (κ2) is 6.77. The molecule has 0 aromatic heterocycles. The van der Waals surface area contributed by atoms with Crippen molar-refractivity contribution in [3.63, 3.8) is 0 Å². The largest absolute Gasteiger partial charge is 0.326 e. The Kier molecular flexibility index (Phi) is 4.76. The number of piperazine rings is 3. The van der Waals surface area contributed by atoms with Gasteiger partial charge in [0.15, 0.2) is 0 Å². The first-order valence-corrected chi connectivity index (χ1v) is 8.19. The lowest BCUT2D eigenvalue weighted by Crippen LogP contribution is -2.63. The molecule has 0 aliphatic carbocycles. The maximum absolute atomic E-state index is 11.2. The van der Waals surface area contributed by atoms with E-state index in [1.165, 1.54) is 45.2 Å². The van der Waals surface area contributed by atoms with Crippen molar-refractivity contribution in [3.8, 4) is 0 Å². The number of hydrogen-bond acceptors (Lipinski definition) is 4. The van der Waals surface area contributed by atoms with Crippen LogP contribution in [-0.4, -0.2) is 61.0 Å². The second-order valence-electron chi connectivity index (χ2n) is 6.43. The molecule has 4 rings (SSSR count). The first-order valence-electron chi connectivity index (χ1n) is 8.19. The van der Waals surface area contributed by atoms with Crippen molar-refractivity contribution < 1.29 is 4.79 Å². The van der Waals surface area contributed by atoms with E-state index < -0.39 is 0 Å². The molecular weight excluding hydrogens is 276 g/mol. The Morgan fingerprint density at radius 3 is 2.73 bits per heavy atom. The van der Waals surface area contributed by atoms with Crippen LogP contribution in [0.25, 0.3) is 0 Å². The molecule has 2 N–H and O–H groups in total. The Labute approximate surface area is 132 Å². The van der Waals surface area contributed by atoms with Crippen molar-refractivity contribution in [3.05, 3.63) is 29.8 Å². The molecule has 3 aliphatic rings. The molecule has 0 saturated carbocycles. The number of fused-ring (bicyclic) bond motifs is 3. The smallest absolute Gasteiger partial charge is 0.221 e. The maximum Gasteiger partial charge on any atom is 0.221 e. The van der Waals surface area contributed by atoms with Gasteiger partial charge in [-0.1, -0.05) is 12.1 Å². The topological polar surface area (TPSA) is 47.6 Å². The SMILES string of the molecule is CC(=O)Nc1cccc([C@H](C)NC[C@H]2CN3CCN2CC3)c1. The fraction of sp³-hybridized carbons (Fsp3) is 0.588. The van der Waals surface area contributed by atoms with E-state index in [1.807, 2.05) is 12.1 Å². The molecular formula is C17H26N4O. The second-order valence-corrected chi connectivity index (χ2v) is 6.43. The van der Waals surface area contributed by atoms with Gasteiger partial charge < -0.3 is 10.6 Å². The van der Waals surface area contributed by atoms with Gasteiger partial charge in [0.2, 0.25) is 5.91 Å². The minimum absolute atomic E-state index is 0.0298. The molecule has 3 aliphatic heterocycles. The zero-order valence-corrected chi connectivity index (χ0v) is 13.5. The fourth-order valence-electron chi connectivity index (χ4n) is 3.44. The molecule has 5 heteroatoms. The van der Waals surface area contributed by atoms with E-state index in [0.717, 1.165) is 12.2 Å². The van der Waals surface area contributed by atoms with Crippen LogP contribution in [0.4, 0.5) is 5.69 Å². The van der Waals surface area contributed by atoms with Crippen LogP contribution in [-0.2, 0) is 4.79 Å².